The number of amides is 3. The molecule has 1 aliphatic carbocycles. The van der Waals surface area contributed by atoms with Gasteiger partial charge in [-0.3, -0.25) is 19.7 Å². The van der Waals surface area contributed by atoms with Crippen LogP contribution in [0.2, 0.25) is 0 Å². The van der Waals surface area contributed by atoms with Crippen molar-refractivity contribution in [3.8, 4) is 5.00 Å². The number of hydrogen-bond donors (Lipinski definition) is 2. The lowest BCUT2D eigenvalue weighted by molar-refractivity contribution is -0.122. The van der Waals surface area contributed by atoms with Crippen LogP contribution >= 0.6 is 23.6 Å². The van der Waals surface area contributed by atoms with Gasteiger partial charge in [0.2, 0.25) is 0 Å². The number of benzene rings is 2. The van der Waals surface area contributed by atoms with Gasteiger partial charge in [0.05, 0.1) is 11.3 Å². The molecule has 6 rings (SSSR count). The predicted octanol–water partition coefficient (Wildman–Crippen LogP) is 6.26. The Bertz CT molecular complexity index is 1810. The van der Waals surface area contributed by atoms with Crippen LogP contribution in [0.5, 0.6) is 0 Å². The van der Waals surface area contributed by atoms with E-state index in [1.807, 2.05) is 54.8 Å². The maximum atomic E-state index is 14.6. The van der Waals surface area contributed by atoms with E-state index in [-0.39, 0.29) is 22.3 Å². The second-order valence-corrected chi connectivity index (χ2v) is 11.8. The zero-order chi connectivity index (χ0) is 29.5. The van der Waals surface area contributed by atoms with Crippen molar-refractivity contribution in [2.24, 2.45) is 0 Å². The summed E-state index contributed by atoms with van der Waals surface area (Å²) < 4.78 is 16.6. The van der Waals surface area contributed by atoms with Gasteiger partial charge in [0.1, 0.15) is 16.4 Å². The number of carbonyl (C=O) groups is 3. The molecule has 7 nitrogen and oxygen atoms in total. The highest BCUT2D eigenvalue weighted by atomic mass is 32.1. The lowest BCUT2D eigenvalue weighted by atomic mass is 9.95. The van der Waals surface area contributed by atoms with Crippen LogP contribution in [-0.4, -0.2) is 27.4 Å². The first-order chi connectivity index (χ1) is 20.2. The van der Waals surface area contributed by atoms with Gasteiger partial charge in [-0.05, 0) is 99.3 Å². The molecule has 2 aromatic heterocycles. The van der Waals surface area contributed by atoms with E-state index >= 15 is 0 Å². The highest BCUT2D eigenvalue weighted by molar-refractivity contribution is 7.80. The van der Waals surface area contributed by atoms with Crippen molar-refractivity contribution in [3.63, 3.8) is 0 Å². The molecule has 2 aliphatic rings. The number of thiophene rings is 1. The van der Waals surface area contributed by atoms with E-state index in [4.69, 9.17) is 12.2 Å². The molecule has 0 atom stereocenters. The van der Waals surface area contributed by atoms with E-state index in [9.17, 15) is 18.8 Å². The summed E-state index contributed by atoms with van der Waals surface area (Å²) in [6, 6.07) is 17.0. The van der Waals surface area contributed by atoms with Gasteiger partial charge in [0.15, 0.2) is 5.11 Å². The molecular weight excluding hydrogens is 572 g/mol. The molecule has 2 aromatic carbocycles. The van der Waals surface area contributed by atoms with Crippen LogP contribution in [0.15, 0.2) is 66.2 Å². The van der Waals surface area contributed by atoms with Crippen LogP contribution in [0.25, 0.3) is 11.1 Å². The molecule has 0 spiro atoms. The fourth-order valence-corrected chi connectivity index (χ4v) is 7.34. The van der Waals surface area contributed by atoms with E-state index in [0.717, 1.165) is 58.2 Å². The monoisotopic (exact) mass is 598 g/mol. The SMILES string of the molecule is Cc1cc(C=C2C(=O)NC(=S)N(c3ccccc3F)C2=O)c(C)n1-c1sc2c(c1C(=O)Nc1ccccc1)CCCC2. The Morgan fingerprint density at radius 1 is 1.05 bits per heavy atom. The van der Waals surface area contributed by atoms with Crippen LogP contribution < -0.4 is 15.5 Å². The van der Waals surface area contributed by atoms with Gasteiger partial charge < -0.3 is 9.88 Å². The van der Waals surface area contributed by atoms with Gasteiger partial charge in [-0.1, -0.05) is 30.3 Å². The first-order valence-electron chi connectivity index (χ1n) is 13.6. The van der Waals surface area contributed by atoms with Crippen LogP contribution in [0.4, 0.5) is 15.8 Å². The number of halogens is 1. The molecule has 0 radical (unpaired) electrons. The molecule has 0 unspecified atom stereocenters. The average molecular weight is 599 g/mol. The van der Waals surface area contributed by atoms with Crippen molar-refractivity contribution < 1.29 is 18.8 Å². The van der Waals surface area contributed by atoms with Crippen molar-refractivity contribution in [2.45, 2.75) is 39.5 Å². The number of rotatable bonds is 5. The largest absolute Gasteiger partial charge is 0.322 e. The normalized spacial score (nSPS) is 16.0. The Balaban J connectivity index is 1.42. The fraction of sp³-hybridized carbons (Fsp3) is 0.188. The summed E-state index contributed by atoms with van der Waals surface area (Å²) in [6.07, 6.45) is 5.35. The number of nitrogens with one attached hydrogen (secondary N) is 2. The Labute approximate surface area is 251 Å². The van der Waals surface area contributed by atoms with Gasteiger partial charge in [-0.15, -0.1) is 11.3 Å². The van der Waals surface area contributed by atoms with Crippen LogP contribution in [0.3, 0.4) is 0 Å². The third-order valence-corrected chi connectivity index (χ3v) is 9.14. The molecule has 42 heavy (non-hydrogen) atoms. The minimum atomic E-state index is -0.715. The standard InChI is InChI=1S/C32H27FN4O3S2/c1-18-16-20(17-23-28(38)35-32(41)37(30(23)40)25-14-8-7-13-24(25)33)19(2)36(18)31-27(22-12-6-9-15-26(22)42-31)29(39)34-21-10-4-3-5-11-21/h3-5,7-8,10-11,13-14,16-17H,6,9,12,15H2,1-2H3,(H,34,39)(H,35,38,41). The first kappa shape index (κ1) is 27.7. The number of hydrogen-bond acceptors (Lipinski definition) is 5. The number of aryl methyl sites for hydroxylation is 2. The van der Waals surface area contributed by atoms with Crippen LogP contribution in [0, 0.1) is 19.7 Å². The third-order valence-electron chi connectivity index (χ3n) is 7.58. The van der Waals surface area contributed by atoms with Gasteiger partial charge in [0.25, 0.3) is 17.7 Å². The van der Waals surface area contributed by atoms with Crippen molar-refractivity contribution in [1.29, 1.82) is 0 Å². The van der Waals surface area contributed by atoms with Crippen molar-refractivity contribution >= 4 is 63.8 Å². The first-order valence-corrected chi connectivity index (χ1v) is 14.8. The zero-order valence-corrected chi connectivity index (χ0v) is 24.6. The number of nitrogens with zero attached hydrogens (tertiary/aromatic N) is 2. The molecule has 3 heterocycles. The van der Waals surface area contributed by atoms with Gasteiger partial charge in [-0.2, -0.15) is 0 Å². The molecule has 1 aliphatic heterocycles. The summed E-state index contributed by atoms with van der Waals surface area (Å²) in [4.78, 5) is 42.4. The highest BCUT2D eigenvalue weighted by Crippen LogP contribution is 2.39. The van der Waals surface area contributed by atoms with Crippen molar-refractivity contribution in [3.05, 3.63) is 105 Å². The molecule has 10 heteroatoms. The summed E-state index contributed by atoms with van der Waals surface area (Å²) in [5, 5.41) is 6.19. The lowest BCUT2D eigenvalue weighted by Gasteiger charge is -2.29. The number of para-hydroxylation sites is 2. The molecular formula is C32H27FN4O3S2. The van der Waals surface area contributed by atoms with Crippen molar-refractivity contribution in [2.75, 3.05) is 10.2 Å². The Morgan fingerprint density at radius 3 is 2.52 bits per heavy atom. The van der Waals surface area contributed by atoms with Gasteiger partial charge in [-0.25, -0.2) is 9.29 Å². The zero-order valence-electron chi connectivity index (χ0n) is 23.0. The second-order valence-electron chi connectivity index (χ2n) is 10.3. The molecule has 2 N–H and O–H groups in total. The quantitative estimate of drug-likeness (QED) is 0.162. The molecule has 4 aromatic rings. The average Bonchev–Trinajstić information content (AvgIpc) is 3.48. The summed E-state index contributed by atoms with van der Waals surface area (Å²) in [6.45, 7) is 3.82. The van der Waals surface area contributed by atoms with E-state index in [2.05, 4.69) is 10.6 Å². The molecule has 0 saturated carbocycles. The van der Waals surface area contributed by atoms with E-state index in [1.165, 1.54) is 29.2 Å². The number of carbonyl (C=O) groups excluding carboxylic acids is 3. The third kappa shape index (κ3) is 4.86. The lowest BCUT2D eigenvalue weighted by Crippen LogP contribution is -2.54. The summed E-state index contributed by atoms with van der Waals surface area (Å²) >= 11 is 6.83. The minimum Gasteiger partial charge on any atom is -0.322 e. The topological polar surface area (TPSA) is 83.4 Å². The highest BCUT2D eigenvalue weighted by Gasteiger charge is 2.36. The van der Waals surface area contributed by atoms with E-state index in [1.54, 1.807) is 17.4 Å². The summed E-state index contributed by atoms with van der Waals surface area (Å²) in [5.41, 5.74) is 4.49. The predicted molar refractivity (Wildman–Crippen MR) is 167 cm³/mol. The fourth-order valence-electron chi connectivity index (χ4n) is 5.57. The second kappa shape index (κ2) is 11.1. The number of aromatic nitrogens is 1. The molecule has 1 saturated heterocycles. The summed E-state index contributed by atoms with van der Waals surface area (Å²) in [5.74, 6) is -2.17. The van der Waals surface area contributed by atoms with Crippen molar-refractivity contribution in [1.82, 2.24) is 9.88 Å². The Kier molecular flexibility index (Phi) is 7.34. The van der Waals surface area contributed by atoms with Gasteiger partial charge >= 0.3 is 0 Å². The van der Waals surface area contributed by atoms with Gasteiger partial charge in [0, 0.05) is 22.0 Å². The molecule has 3 amide bonds. The molecule has 1 fully saturated rings. The smallest absolute Gasteiger partial charge is 0.270 e. The maximum Gasteiger partial charge on any atom is 0.270 e. The Hall–Kier alpha value is -4.41. The summed E-state index contributed by atoms with van der Waals surface area (Å²) in [7, 11) is 0. The number of fused-ring (bicyclic) bond motifs is 1. The molecule has 212 valence electrons. The number of thiocarbonyl (C=S) groups is 1. The maximum absolute atomic E-state index is 14.6. The van der Waals surface area contributed by atoms with Crippen LogP contribution in [-0.2, 0) is 22.4 Å². The van der Waals surface area contributed by atoms with E-state index in [0.29, 0.717) is 11.1 Å². The molecule has 0 bridgehead atoms. The Morgan fingerprint density at radius 2 is 1.76 bits per heavy atom. The van der Waals surface area contributed by atoms with E-state index < -0.39 is 17.6 Å². The van der Waals surface area contributed by atoms with Crippen LogP contribution in [0.1, 0.15) is 50.6 Å². The minimum absolute atomic E-state index is 0.0397. The number of anilines is 2.